The Morgan fingerprint density at radius 1 is 1.30 bits per heavy atom. The van der Waals surface area contributed by atoms with Crippen LogP contribution in [0.25, 0.3) is 0 Å². The number of piperazine rings is 1. The molecule has 1 saturated heterocycles. The van der Waals surface area contributed by atoms with E-state index in [1.54, 1.807) is 0 Å². The molecule has 0 aromatic heterocycles. The summed E-state index contributed by atoms with van der Waals surface area (Å²) in [6.07, 6.45) is 1.87. The van der Waals surface area contributed by atoms with Gasteiger partial charge in [-0.2, -0.15) is 0 Å². The van der Waals surface area contributed by atoms with Gasteiger partial charge in [0.2, 0.25) is 11.8 Å². The van der Waals surface area contributed by atoms with E-state index in [1.807, 2.05) is 13.8 Å². The largest absolute Gasteiger partial charge is 0.386 e. The summed E-state index contributed by atoms with van der Waals surface area (Å²) in [7, 11) is 0. The maximum absolute atomic E-state index is 11.9. The van der Waals surface area contributed by atoms with Crippen molar-refractivity contribution in [2.24, 2.45) is 16.6 Å². The quantitative estimate of drug-likeness (QED) is 0.275. The molecule has 0 radical (unpaired) electrons. The molecule has 0 aromatic rings. The van der Waals surface area contributed by atoms with E-state index in [4.69, 9.17) is 17.3 Å². The van der Waals surface area contributed by atoms with Crippen molar-refractivity contribution in [1.29, 1.82) is 0 Å². The molecule has 0 unspecified atom stereocenters. The number of carbonyl (C=O) groups is 2. The third-order valence-electron chi connectivity index (χ3n) is 3.08. The first-order chi connectivity index (χ1) is 9.43. The van der Waals surface area contributed by atoms with Crippen molar-refractivity contribution in [1.82, 2.24) is 10.6 Å². The summed E-state index contributed by atoms with van der Waals surface area (Å²) in [5.41, 5.74) is 5.48. The Morgan fingerprint density at radius 3 is 2.50 bits per heavy atom. The van der Waals surface area contributed by atoms with Gasteiger partial charge in [-0.15, -0.1) is 11.6 Å². The molecule has 6 nitrogen and oxygen atoms in total. The van der Waals surface area contributed by atoms with E-state index in [2.05, 4.69) is 15.6 Å². The standard InChI is InChI=1S/C13H23ClN4O2/c1-8(2)6-10-13(20)17-9(12(19)18-10)4-3-5-16-11(15)7-14/h8-10H,3-7H2,1-2H3,(H2,15,16)(H,17,20)(H,18,19)/t9-,10+/m1/s1. The van der Waals surface area contributed by atoms with Crippen LogP contribution in [0.3, 0.4) is 0 Å². The topological polar surface area (TPSA) is 96.6 Å². The molecular formula is C13H23ClN4O2. The highest BCUT2D eigenvalue weighted by molar-refractivity contribution is 6.27. The zero-order valence-corrected chi connectivity index (χ0v) is 12.7. The first-order valence-corrected chi connectivity index (χ1v) is 7.43. The number of hydrogen-bond acceptors (Lipinski definition) is 3. The van der Waals surface area contributed by atoms with Gasteiger partial charge in [-0.3, -0.25) is 14.6 Å². The molecule has 0 saturated carbocycles. The molecule has 114 valence electrons. The number of nitrogens with zero attached hydrogens (tertiary/aromatic N) is 1. The van der Waals surface area contributed by atoms with Crippen molar-refractivity contribution in [2.45, 2.75) is 45.2 Å². The monoisotopic (exact) mass is 302 g/mol. The maximum Gasteiger partial charge on any atom is 0.243 e. The molecule has 1 heterocycles. The number of nitrogens with two attached hydrogens (primary N) is 1. The van der Waals surface area contributed by atoms with Gasteiger partial charge in [0.25, 0.3) is 0 Å². The van der Waals surface area contributed by atoms with Gasteiger partial charge < -0.3 is 16.4 Å². The fourth-order valence-corrected chi connectivity index (χ4v) is 2.16. The summed E-state index contributed by atoms with van der Waals surface area (Å²) in [5, 5.41) is 5.54. The zero-order chi connectivity index (χ0) is 15.1. The number of nitrogens with one attached hydrogen (secondary N) is 2. The number of hydrogen-bond donors (Lipinski definition) is 3. The minimum Gasteiger partial charge on any atom is -0.386 e. The second-order valence-electron chi connectivity index (χ2n) is 5.40. The lowest BCUT2D eigenvalue weighted by Crippen LogP contribution is -2.61. The van der Waals surface area contributed by atoms with Gasteiger partial charge in [0.1, 0.15) is 17.9 Å². The van der Waals surface area contributed by atoms with Crippen molar-refractivity contribution in [3.05, 3.63) is 0 Å². The Labute approximate surface area is 124 Å². The number of aliphatic imine (C=N–C) groups is 1. The van der Waals surface area contributed by atoms with Gasteiger partial charge in [0, 0.05) is 6.54 Å². The molecule has 20 heavy (non-hydrogen) atoms. The highest BCUT2D eigenvalue weighted by Gasteiger charge is 2.33. The maximum atomic E-state index is 11.9. The minimum atomic E-state index is -0.474. The van der Waals surface area contributed by atoms with Crippen molar-refractivity contribution in [2.75, 3.05) is 12.4 Å². The molecule has 2 atom stereocenters. The first kappa shape index (κ1) is 16.8. The Balaban J connectivity index is 2.39. The molecular weight excluding hydrogens is 280 g/mol. The van der Waals surface area contributed by atoms with Crippen LogP contribution in [0.4, 0.5) is 0 Å². The lowest BCUT2D eigenvalue weighted by molar-refractivity contribution is -0.137. The third-order valence-corrected chi connectivity index (χ3v) is 3.35. The van der Waals surface area contributed by atoms with Gasteiger partial charge >= 0.3 is 0 Å². The van der Waals surface area contributed by atoms with Crippen LogP contribution in [0, 0.1) is 5.92 Å². The second-order valence-corrected chi connectivity index (χ2v) is 5.67. The van der Waals surface area contributed by atoms with Crippen LogP contribution in [-0.2, 0) is 9.59 Å². The summed E-state index contributed by atoms with van der Waals surface area (Å²) >= 11 is 5.50. The predicted molar refractivity (Wildman–Crippen MR) is 79.8 cm³/mol. The zero-order valence-electron chi connectivity index (χ0n) is 12.0. The highest BCUT2D eigenvalue weighted by Crippen LogP contribution is 2.10. The van der Waals surface area contributed by atoms with E-state index in [-0.39, 0.29) is 17.7 Å². The molecule has 1 rings (SSSR count). The number of alkyl halides is 1. The van der Waals surface area contributed by atoms with Crippen LogP contribution in [0.15, 0.2) is 4.99 Å². The number of rotatable bonds is 7. The Morgan fingerprint density at radius 2 is 1.90 bits per heavy atom. The number of amides is 2. The van der Waals surface area contributed by atoms with Crippen LogP contribution in [0.5, 0.6) is 0 Å². The number of amidine groups is 1. The van der Waals surface area contributed by atoms with Gasteiger partial charge in [0.15, 0.2) is 0 Å². The molecule has 4 N–H and O–H groups in total. The van der Waals surface area contributed by atoms with E-state index in [0.717, 1.165) is 0 Å². The molecule has 0 aliphatic carbocycles. The Kier molecular flexibility index (Phi) is 6.78. The Bertz CT molecular complexity index is 385. The molecule has 1 fully saturated rings. The molecule has 0 bridgehead atoms. The predicted octanol–water partition coefficient (Wildman–Crippen LogP) is 0.392. The smallest absolute Gasteiger partial charge is 0.243 e. The van der Waals surface area contributed by atoms with E-state index < -0.39 is 12.1 Å². The second kappa shape index (κ2) is 8.09. The van der Waals surface area contributed by atoms with Crippen LogP contribution in [0.2, 0.25) is 0 Å². The molecule has 1 aliphatic heterocycles. The summed E-state index contributed by atoms with van der Waals surface area (Å²) < 4.78 is 0. The summed E-state index contributed by atoms with van der Waals surface area (Å²) in [4.78, 5) is 27.8. The van der Waals surface area contributed by atoms with E-state index in [0.29, 0.717) is 37.6 Å². The van der Waals surface area contributed by atoms with E-state index in [1.165, 1.54) is 0 Å². The van der Waals surface area contributed by atoms with E-state index in [9.17, 15) is 9.59 Å². The van der Waals surface area contributed by atoms with Gasteiger partial charge in [0.05, 0.1) is 5.88 Å². The average Bonchev–Trinajstić information content (AvgIpc) is 2.38. The van der Waals surface area contributed by atoms with E-state index >= 15 is 0 Å². The molecule has 0 spiro atoms. The lowest BCUT2D eigenvalue weighted by atomic mass is 9.99. The van der Waals surface area contributed by atoms with Crippen LogP contribution < -0.4 is 16.4 Å². The summed E-state index contributed by atoms with van der Waals surface area (Å²) in [6, 6.07) is -0.887. The highest BCUT2D eigenvalue weighted by atomic mass is 35.5. The van der Waals surface area contributed by atoms with Gasteiger partial charge in [-0.05, 0) is 25.2 Å². The van der Waals surface area contributed by atoms with Crippen LogP contribution >= 0.6 is 11.6 Å². The van der Waals surface area contributed by atoms with Crippen LogP contribution in [-0.4, -0.2) is 42.2 Å². The van der Waals surface area contributed by atoms with Crippen molar-refractivity contribution < 1.29 is 9.59 Å². The van der Waals surface area contributed by atoms with Crippen molar-refractivity contribution >= 4 is 29.3 Å². The fourth-order valence-electron chi connectivity index (χ4n) is 2.08. The number of halogens is 1. The lowest BCUT2D eigenvalue weighted by Gasteiger charge is -2.30. The molecule has 2 amide bonds. The normalized spacial score (nSPS) is 23.7. The van der Waals surface area contributed by atoms with Gasteiger partial charge in [-0.25, -0.2) is 0 Å². The van der Waals surface area contributed by atoms with Crippen molar-refractivity contribution in [3.8, 4) is 0 Å². The van der Waals surface area contributed by atoms with Crippen molar-refractivity contribution in [3.63, 3.8) is 0 Å². The summed E-state index contributed by atoms with van der Waals surface area (Å²) in [6.45, 7) is 4.54. The van der Waals surface area contributed by atoms with Gasteiger partial charge in [-0.1, -0.05) is 13.8 Å². The molecule has 1 aliphatic rings. The fraction of sp³-hybridized carbons (Fsp3) is 0.769. The molecule has 7 heteroatoms. The first-order valence-electron chi connectivity index (χ1n) is 6.89. The summed E-state index contributed by atoms with van der Waals surface area (Å²) in [5.74, 6) is 0.727. The number of carbonyl (C=O) groups excluding carboxylic acids is 2. The molecule has 0 aromatic carbocycles. The Hall–Kier alpha value is -1.30. The van der Waals surface area contributed by atoms with Crippen LogP contribution in [0.1, 0.15) is 33.1 Å². The minimum absolute atomic E-state index is 0.105. The average molecular weight is 303 g/mol. The SMILES string of the molecule is CC(C)C[C@@H]1NC(=O)[C@@H](CCCN=C(N)CCl)NC1=O. The third kappa shape index (κ3) is 5.36.